The van der Waals surface area contributed by atoms with Gasteiger partial charge in [0.05, 0.1) is 6.10 Å². The molecule has 120 valence electrons. The zero-order valence-electron chi connectivity index (χ0n) is 13.6. The van der Waals surface area contributed by atoms with E-state index in [1.54, 1.807) is 0 Å². The fourth-order valence-corrected chi connectivity index (χ4v) is 6.46. The molecule has 0 aliphatic heterocycles. The molecule has 3 heteroatoms. The first-order chi connectivity index (χ1) is 10.4. The van der Waals surface area contributed by atoms with E-state index in [0.717, 1.165) is 25.7 Å². The van der Waals surface area contributed by atoms with Gasteiger partial charge in [-0.25, -0.2) is 0 Å². The number of rotatable bonds is 0. The molecule has 0 bridgehead atoms. The number of hydrogen-bond acceptors (Lipinski definition) is 3. The van der Waals surface area contributed by atoms with E-state index in [0.29, 0.717) is 36.9 Å². The van der Waals surface area contributed by atoms with Crippen LogP contribution < -0.4 is 0 Å². The molecule has 0 amide bonds. The molecule has 0 aromatic carbocycles. The predicted octanol–water partition coefficient (Wildman–Crippen LogP) is 3.06. The van der Waals surface area contributed by atoms with Crippen LogP contribution in [0.3, 0.4) is 0 Å². The topological polar surface area (TPSA) is 54.4 Å². The highest BCUT2D eigenvalue weighted by molar-refractivity contribution is 5.91. The third kappa shape index (κ3) is 1.72. The van der Waals surface area contributed by atoms with Gasteiger partial charge in [-0.2, -0.15) is 0 Å². The van der Waals surface area contributed by atoms with Crippen molar-refractivity contribution in [2.75, 3.05) is 0 Å². The van der Waals surface area contributed by atoms with Crippen LogP contribution in [0.2, 0.25) is 0 Å². The Labute approximate surface area is 132 Å². The lowest BCUT2D eigenvalue weighted by molar-refractivity contribution is -0.147. The van der Waals surface area contributed by atoms with E-state index >= 15 is 0 Å². The molecule has 4 aliphatic carbocycles. The van der Waals surface area contributed by atoms with Gasteiger partial charge in [0.1, 0.15) is 5.78 Å². The number of ketones is 2. The van der Waals surface area contributed by atoms with Gasteiger partial charge in [0.25, 0.3) is 0 Å². The number of carbonyl (C=O) groups excluding carboxylic acids is 2. The lowest BCUT2D eigenvalue weighted by atomic mass is 9.46. The summed E-state index contributed by atoms with van der Waals surface area (Å²) in [7, 11) is 0. The summed E-state index contributed by atoms with van der Waals surface area (Å²) in [6.45, 7) is 4.34. The summed E-state index contributed by atoms with van der Waals surface area (Å²) < 4.78 is 0. The lowest BCUT2D eigenvalue weighted by Crippen LogP contribution is -2.56. The van der Waals surface area contributed by atoms with Gasteiger partial charge in [-0.1, -0.05) is 19.4 Å². The van der Waals surface area contributed by atoms with Gasteiger partial charge in [-0.15, -0.1) is 0 Å². The molecule has 4 rings (SSSR count). The van der Waals surface area contributed by atoms with Crippen molar-refractivity contribution in [3.05, 3.63) is 11.6 Å². The molecule has 0 spiro atoms. The van der Waals surface area contributed by atoms with Crippen LogP contribution in [0.15, 0.2) is 11.6 Å². The van der Waals surface area contributed by atoms with E-state index in [4.69, 9.17) is 0 Å². The van der Waals surface area contributed by atoms with Crippen LogP contribution >= 0.6 is 0 Å². The monoisotopic (exact) mass is 302 g/mol. The van der Waals surface area contributed by atoms with Crippen LogP contribution in [-0.2, 0) is 9.59 Å². The first-order valence-electron chi connectivity index (χ1n) is 8.81. The average Bonchev–Trinajstić information content (AvgIpc) is 2.75. The normalized spacial score (nSPS) is 51.0. The standard InChI is InChI=1S/C19H26O3/c1-18-8-7-12(20)9-11(18)3-4-13-14-5-6-16(22)19(14,2)10-15(21)17(13)18/h9,13-15,17,21H,3-8,10H2,1-2H3/t13?,14-,15?,17?,18?,19?/m0/s1. The van der Waals surface area contributed by atoms with Gasteiger partial charge in [-0.3, -0.25) is 9.59 Å². The van der Waals surface area contributed by atoms with Crippen LogP contribution in [0.4, 0.5) is 0 Å². The molecule has 0 saturated heterocycles. The number of Topliss-reactive ketones (excluding diaryl/α,β-unsaturated/α-hetero) is 1. The van der Waals surface area contributed by atoms with Crippen LogP contribution in [0, 0.1) is 28.6 Å². The number of aliphatic hydroxyl groups excluding tert-OH is 1. The van der Waals surface area contributed by atoms with Crippen molar-refractivity contribution in [1.29, 1.82) is 0 Å². The molecule has 0 aromatic heterocycles. The molecular weight excluding hydrogens is 276 g/mol. The van der Waals surface area contributed by atoms with E-state index in [2.05, 4.69) is 13.8 Å². The van der Waals surface area contributed by atoms with E-state index in [9.17, 15) is 14.7 Å². The third-order valence-electron chi connectivity index (χ3n) is 7.61. The summed E-state index contributed by atoms with van der Waals surface area (Å²) in [5.41, 5.74) is 0.920. The molecule has 3 saturated carbocycles. The number of allylic oxidation sites excluding steroid dienone is 1. The number of carbonyl (C=O) groups is 2. The Morgan fingerprint density at radius 3 is 2.64 bits per heavy atom. The van der Waals surface area contributed by atoms with Gasteiger partial charge in [0.2, 0.25) is 0 Å². The van der Waals surface area contributed by atoms with Crippen LogP contribution in [0.5, 0.6) is 0 Å². The Kier molecular flexibility index (Phi) is 3.01. The Bertz CT molecular complexity index is 577. The van der Waals surface area contributed by atoms with Crippen molar-refractivity contribution in [3.63, 3.8) is 0 Å². The fourth-order valence-electron chi connectivity index (χ4n) is 6.46. The second kappa shape index (κ2) is 4.53. The highest BCUT2D eigenvalue weighted by Gasteiger charge is 2.61. The first-order valence-corrected chi connectivity index (χ1v) is 8.81. The fraction of sp³-hybridized carbons (Fsp3) is 0.789. The van der Waals surface area contributed by atoms with Crippen LogP contribution in [0.1, 0.15) is 58.8 Å². The molecule has 0 aromatic rings. The SMILES string of the molecule is CC12CCC(=O)C=C1CCC1C2C(O)CC2(C)C(=O)CC[C@@H]12. The molecule has 22 heavy (non-hydrogen) atoms. The minimum Gasteiger partial charge on any atom is -0.393 e. The summed E-state index contributed by atoms with van der Waals surface area (Å²) in [4.78, 5) is 24.2. The Hall–Kier alpha value is -0.960. The van der Waals surface area contributed by atoms with Crippen LogP contribution in [-0.4, -0.2) is 22.8 Å². The summed E-state index contributed by atoms with van der Waals surface area (Å²) in [5, 5.41) is 10.9. The zero-order valence-corrected chi connectivity index (χ0v) is 13.6. The van der Waals surface area contributed by atoms with Gasteiger partial charge in [0.15, 0.2) is 5.78 Å². The van der Waals surface area contributed by atoms with Gasteiger partial charge < -0.3 is 5.11 Å². The van der Waals surface area contributed by atoms with E-state index in [1.165, 1.54) is 5.57 Å². The maximum absolute atomic E-state index is 12.4. The maximum atomic E-state index is 12.4. The maximum Gasteiger partial charge on any atom is 0.155 e. The molecule has 3 nitrogen and oxygen atoms in total. The molecule has 1 N–H and O–H groups in total. The van der Waals surface area contributed by atoms with E-state index in [1.807, 2.05) is 6.08 Å². The van der Waals surface area contributed by atoms with Crippen molar-refractivity contribution in [2.24, 2.45) is 28.6 Å². The molecular formula is C19H26O3. The van der Waals surface area contributed by atoms with Gasteiger partial charge >= 0.3 is 0 Å². The number of hydrogen-bond donors (Lipinski definition) is 1. The van der Waals surface area contributed by atoms with Crippen molar-refractivity contribution in [3.8, 4) is 0 Å². The molecule has 4 aliphatic rings. The second-order valence-corrected chi connectivity index (χ2v) is 8.54. The Balaban J connectivity index is 1.75. The molecule has 5 unspecified atom stereocenters. The van der Waals surface area contributed by atoms with Crippen molar-refractivity contribution < 1.29 is 14.7 Å². The van der Waals surface area contributed by atoms with Crippen molar-refractivity contribution in [2.45, 2.75) is 64.9 Å². The Morgan fingerprint density at radius 1 is 1.09 bits per heavy atom. The molecule has 3 fully saturated rings. The summed E-state index contributed by atoms with van der Waals surface area (Å²) in [6.07, 6.45) is 7.24. The molecule has 0 radical (unpaired) electrons. The van der Waals surface area contributed by atoms with Crippen molar-refractivity contribution >= 4 is 11.6 Å². The van der Waals surface area contributed by atoms with E-state index in [-0.39, 0.29) is 22.5 Å². The zero-order chi connectivity index (χ0) is 15.7. The highest BCUT2D eigenvalue weighted by atomic mass is 16.3. The smallest absolute Gasteiger partial charge is 0.155 e. The minimum atomic E-state index is -0.407. The quantitative estimate of drug-likeness (QED) is 0.748. The van der Waals surface area contributed by atoms with Gasteiger partial charge in [0, 0.05) is 18.3 Å². The average molecular weight is 302 g/mol. The minimum absolute atomic E-state index is 0.0385. The second-order valence-electron chi connectivity index (χ2n) is 8.54. The molecule has 6 atom stereocenters. The third-order valence-corrected chi connectivity index (χ3v) is 7.61. The van der Waals surface area contributed by atoms with E-state index < -0.39 is 6.10 Å². The van der Waals surface area contributed by atoms with Crippen LogP contribution in [0.25, 0.3) is 0 Å². The highest BCUT2D eigenvalue weighted by Crippen LogP contribution is 2.64. The number of aliphatic hydroxyl groups is 1. The van der Waals surface area contributed by atoms with Crippen molar-refractivity contribution in [1.82, 2.24) is 0 Å². The summed E-state index contributed by atoms with van der Waals surface area (Å²) in [5.74, 6) is 1.71. The number of fused-ring (bicyclic) bond motifs is 5. The van der Waals surface area contributed by atoms with Gasteiger partial charge in [-0.05, 0) is 61.3 Å². The predicted molar refractivity (Wildman–Crippen MR) is 83.1 cm³/mol. The summed E-state index contributed by atoms with van der Waals surface area (Å²) in [6, 6.07) is 0. The first kappa shape index (κ1) is 14.6. The lowest BCUT2D eigenvalue weighted by Gasteiger charge is -2.58. The summed E-state index contributed by atoms with van der Waals surface area (Å²) >= 11 is 0. The Morgan fingerprint density at radius 2 is 1.86 bits per heavy atom. The molecule has 0 heterocycles. The largest absolute Gasteiger partial charge is 0.393 e.